The van der Waals surface area contributed by atoms with E-state index in [4.69, 9.17) is 21.1 Å². The number of halogens is 1. The van der Waals surface area contributed by atoms with E-state index in [1.54, 1.807) is 48.5 Å². The smallest absolute Gasteiger partial charge is 0.342 e. The van der Waals surface area contributed by atoms with E-state index < -0.39 is 5.97 Å². The fourth-order valence-electron chi connectivity index (χ4n) is 2.56. The third-order valence-electron chi connectivity index (χ3n) is 3.92. The molecule has 0 bridgehead atoms. The Balaban J connectivity index is 1.83. The topological polar surface area (TPSA) is 97.3 Å². The first-order chi connectivity index (χ1) is 15.0. The summed E-state index contributed by atoms with van der Waals surface area (Å²) in [6.07, 6.45) is 3.17. The van der Waals surface area contributed by atoms with Gasteiger partial charge in [-0.15, -0.1) is 5.10 Å². The van der Waals surface area contributed by atoms with Crippen molar-refractivity contribution in [2.75, 3.05) is 13.2 Å². The van der Waals surface area contributed by atoms with Crippen LogP contribution in [-0.2, 0) is 4.79 Å². The average Bonchev–Trinajstić information content (AvgIpc) is 3.22. The Morgan fingerprint density at radius 1 is 1.23 bits per heavy atom. The molecule has 0 atom stereocenters. The van der Waals surface area contributed by atoms with Crippen LogP contribution in [0.5, 0.6) is 11.5 Å². The number of carboxylic acids is 1. The van der Waals surface area contributed by atoms with E-state index in [0.29, 0.717) is 41.1 Å². The predicted molar refractivity (Wildman–Crippen MR) is 122 cm³/mol. The molecule has 3 rings (SSSR count). The molecule has 0 radical (unpaired) electrons. The molecule has 0 amide bonds. The summed E-state index contributed by atoms with van der Waals surface area (Å²) in [6.45, 7) is 6.28. The number of nitrogens with zero attached hydrogens (tertiary/aromatic N) is 2. The second-order valence-electron chi connectivity index (χ2n) is 6.13. The van der Waals surface area contributed by atoms with Crippen LogP contribution in [0.15, 0.2) is 65.2 Å². The summed E-state index contributed by atoms with van der Waals surface area (Å²) >= 11 is 6.85. The number of benzene rings is 2. The van der Waals surface area contributed by atoms with E-state index in [1.165, 1.54) is 6.08 Å². The lowest BCUT2D eigenvalue weighted by Gasteiger charge is -2.11. The van der Waals surface area contributed by atoms with Crippen LogP contribution in [0, 0.1) is 0 Å². The van der Waals surface area contributed by atoms with Gasteiger partial charge in [0.1, 0.15) is 11.5 Å². The molecule has 2 N–H and O–H groups in total. The Hall–Kier alpha value is -3.23. The molecular weight excluding hydrogens is 438 g/mol. The van der Waals surface area contributed by atoms with Gasteiger partial charge in [-0.1, -0.05) is 30.3 Å². The molecule has 160 valence electrons. The van der Waals surface area contributed by atoms with Gasteiger partial charge in [0.2, 0.25) is 5.16 Å². The summed E-state index contributed by atoms with van der Waals surface area (Å²) < 4.78 is 11.2. The highest BCUT2D eigenvalue weighted by molar-refractivity contribution is 8.04. The number of H-pyrrole nitrogens is 1. The molecule has 0 spiro atoms. The monoisotopic (exact) mass is 457 g/mol. The lowest BCUT2D eigenvalue weighted by Crippen LogP contribution is -2.00. The van der Waals surface area contributed by atoms with Crippen molar-refractivity contribution in [3.05, 3.63) is 70.6 Å². The number of carbonyl (C=O) groups is 1. The second-order valence-corrected chi connectivity index (χ2v) is 7.57. The zero-order valence-electron chi connectivity index (χ0n) is 16.7. The van der Waals surface area contributed by atoms with Gasteiger partial charge in [0.15, 0.2) is 17.3 Å². The Bertz CT molecular complexity index is 1100. The van der Waals surface area contributed by atoms with Crippen LogP contribution in [-0.4, -0.2) is 39.5 Å². The molecule has 0 aliphatic rings. The standard InChI is InChI=1S/C22H20ClN3O4S/c1-3-11-30-17-10-5-14(12-18(17)29-4-2)13-19(21(27)28)31-22-24-20(25-26-22)15-6-8-16(23)9-7-15/h3,5-10,12-13H,1,4,11H2,2H3,(H,27,28)(H,24,25,26)/b19-13-. The lowest BCUT2D eigenvalue weighted by atomic mass is 10.2. The molecule has 1 aromatic heterocycles. The molecule has 2 aromatic carbocycles. The number of hydrogen-bond donors (Lipinski definition) is 2. The largest absolute Gasteiger partial charge is 0.490 e. The fraction of sp³-hybridized carbons (Fsp3) is 0.136. The predicted octanol–water partition coefficient (Wildman–Crippen LogP) is 5.31. The normalized spacial score (nSPS) is 11.2. The molecule has 0 aliphatic heterocycles. The number of rotatable bonds is 10. The summed E-state index contributed by atoms with van der Waals surface area (Å²) in [4.78, 5) is 16.2. The van der Waals surface area contributed by atoms with Gasteiger partial charge in [-0.25, -0.2) is 9.78 Å². The van der Waals surface area contributed by atoms with E-state index in [1.807, 2.05) is 6.92 Å². The summed E-state index contributed by atoms with van der Waals surface area (Å²) in [6, 6.07) is 12.3. The lowest BCUT2D eigenvalue weighted by molar-refractivity contribution is -0.131. The van der Waals surface area contributed by atoms with Gasteiger partial charge in [0.25, 0.3) is 0 Å². The summed E-state index contributed by atoms with van der Waals surface area (Å²) in [7, 11) is 0. The highest BCUT2D eigenvalue weighted by Gasteiger charge is 2.15. The van der Waals surface area contributed by atoms with E-state index in [0.717, 1.165) is 17.3 Å². The maximum Gasteiger partial charge on any atom is 0.342 e. The van der Waals surface area contributed by atoms with Crippen molar-refractivity contribution >= 4 is 35.4 Å². The SMILES string of the molecule is C=CCOc1ccc(/C=C(\Sc2n[nH]c(-c3ccc(Cl)cc3)n2)C(=O)O)cc1OCC. The minimum atomic E-state index is -1.09. The molecule has 31 heavy (non-hydrogen) atoms. The van der Waals surface area contributed by atoms with Crippen molar-refractivity contribution in [1.82, 2.24) is 15.2 Å². The minimum Gasteiger partial charge on any atom is -0.490 e. The average molecular weight is 458 g/mol. The number of nitrogens with one attached hydrogen (secondary N) is 1. The highest BCUT2D eigenvalue weighted by atomic mass is 35.5. The van der Waals surface area contributed by atoms with Crippen LogP contribution < -0.4 is 9.47 Å². The minimum absolute atomic E-state index is 0.0591. The summed E-state index contributed by atoms with van der Waals surface area (Å²) in [5.41, 5.74) is 1.44. The van der Waals surface area contributed by atoms with Crippen LogP contribution in [0.2, 0.25) is 5.02 Å². The van der Waals surface area contributed by atoms with Gasteiger partial charge >= 0.3 is 5.97 Å². The quantitative estimate of drug-likeness (QED) is 0.242. The van der Waals surface area contributed by atoms with Crippen LogP contribution in [0.25, 0.3) is 17.5 Å². The van der Waals surface area contributed by atoms with Gasteiger partial charge in [0, 0.05) is 10.6 Å². The van der Waals surface area contributed by atoms with Crippen molar-refractivity contribution in [3.63, 3.8) is 0 Å². The van der Waals surface area contributed by atoms with Crippen molar-refractivity contribution in [2.24, 2.45) is 0 Å². The summed E-state index contributed by atoms with van der Waals surface area (Å²) in [5.74, 6) is 0.514. The highest BCUT2D eigenvalue weighted by Crippen LogP contribution is 2.32. The van der Waals surface area contributed by atoms with Crippen molar-refractivity contribution in [3.8, 4) is 22.9 Å². The van der Waals surface area contributed by atoms with Gasteiger partial charge in [0.05, 0.1) is 6.61 Å². The maximum absolute atomic E-state index is 11.8. The maximum atomic E-state index is 11.8. The van der Waals surface area contributed by atoms with Crippen LogP contribution in [0.4, 0.5) is 0 Å². The third-order valence-corrected chi connectivity index (χ3v) is 5.05. The van der Waals surface area contributed by atoms with Crippen LogP contribution in [0.1, 0.15) is 12.5 Å². The number of aromatic nitrogens is 3. The molecule has 0 fully saturated rings. The van der Waals surface area contributed by atoms with Gasteiger partial charge in [-0.3, -0.25) is 5.10 Å². The second kappa shape index (κ2) is 10.7. The molecule has 0 saturated heterocycles. The number of thioether (sulfide) groups is 1. The van der Waals surface area contributed by atoms with E-state index in [-0.39, 0.29) is 10.1 Å². The first-order valence-electron chi connectivity index (χ1n) is 9.32. The van der Waals surface area contributed by atoms with Crippen molar-refractivity contribution in [2.45, 2.75) is 12.1 Å². The number of hydrogen-bond acceptors (Lipinski definition) is 6. The van der Waals surface area contributed by atoms with Crippen LogP contribution >= 0.6 is 23.4 Å². The first kappa shape index (κ1) is 22.5. The Morgan fingerprint density at radius 3 is 2.68 bits per heavy atom. The molecule has 0 unspecified atom stereocenters. The van der Waals surface area contributed by atoms with Crippen molar-refractivity contribution in [1.29, 1.82) is 0 Å². The summed E-state index contributed by atoms with van der Waals surface area (Å²) in [5, 5.41) is 17.5. The molecular formula is C22H20ClN3O4S. The van der Waals surface area contributed by atoms with Crippen molar-refractivity contribution < 1.29 is 19.4 Å². The number of carboxylic acid groups (broad SMARTS) is 1. The van der Waals surface area contributed by atoms with Gasteiger partial charge in [-0.05, 0) is 66.7 Å². The Kier molecular flexibility index (Phi) is 7.75. The molecule has 3 aromatic rings. The van der Waals surface area contributed by atoms with E-state index in [2.05, 4.69) is 21.8 Å². The van der Waals surface area contributed by atoms with Gasteiger partial charge < -0.3 is 14.6 Å². The number of ether oxygens (including phenoxy) is 2. The zero-order valence-corrected chi connectivity index (χ0v) is 18.2. The Morgan fingerprint density at radius 2 is 2.00 bits per heavy atom. The number of aliphatic carboxylic acids is 1. The van der Waals surface area contributed by atoms with Gasteiger partial charge in [-0.2, -0.15) is 0 Å². The molecule has 0 saturated carbocycles. The third kappa shape index (κ3) is 6.13. The molecule has 9 heteroatoms. The molecule has 0 aliphatic carbocycles. The zero-order chi connectivity index (χ0) is 22.2. The van der Waals surface area contributed by atoms with Crippen LogP contribution in [0.3, 0.4) is 0 Å². The number of aromatic amines is 1. The first-order valence-corrected chi connectivity index (χ1v) is 10.5. The fourth-order valence-corrected chi connectivity index (χ4v) is 3.40. The van der Waals surface area contributed by atoms with E-state index in [9.17, 15) is 9.90 Å². The molecule has 7 nitrogen and oxygen atoms in total. The molecule has 1 heterocycles. The van der Waals surface area contributed by atoms with E-state index >= 15 is 0 Å². The Labute approximate surface area is 188 Å².